The molecule has 6 heteroatoms. The molecule has 3 rings (SSSR count). The van der Waals surface area contributed by atoms with E-state index in [1.807, 2.05) is 6.07 Å². The molecule has 1 N–H and O–H groups in total. The lowest BCUT2D eigenvalue weighted by Crippen LogP contribution is -2.18. The number of pyridine rings is 1. The third-order valence-corrected chi connectivity index (χ3v) is 4.16. The van der Waals surface area contributed by atoms with Gasteiger partial charge in [0.15, 0.2) is 5.16 Å². The zero-order chi connectivity index (χ0) is 12.5. The zero-order valence-electron chi connectivity index (χ0n) is 9.74. The van der Waals surface area contributed by atoms with E-state index < -0.39 is 5.97 Å². The molecule has 2 heterocycles. The Hall–Kier alpha value is -1.56. The quantitative estimate of drug-likeness (QED) is 0.857. The van der Waals surface area contributed by atoms with Crippen molar-refractivity contribution in [1.29, 1.82) is 0 Å². The highest BCUT2D eigenvalue weighted by molar-refractivity contribution is 7.99. The van der Waals surface area contributed by atoms with Gasteiger partial charge in [-0.2, -0.15) is 0 Å². The fraction of sp³-hybridized carbons (Fsp3) is 0.417. The molecule has 1 saturated carbocycles. The lowest BCUT2D eigenvalue weighted by Gasteiger charge is -2.28. The Balaban J connectivity index is 2.02. The minimum Gasteiger partial charge on any atom is -0.481 e. The number of carboxylic acid groups (broad SMARTS) is 1. The van der Waals surface area contributed by atoms with Crippen LogP contribution in [0.3, 0.4) is 0 Å². The lowest BCUT2D eigenvalue weighted by molar-refractivity contribution is -0.133. The number of rotatable bonds is 4. The summed E-state index contributed by atoms with van der Waals surface area (Å²) in [4.78, 5) is 19.2. The van der Waals surface area contributed by atoms with Crippen LogP contribution in [0.2, 0.25) is 0 Å². The second-order valence-electron chi connectivity index (χ2n) is 4.40. The third kappa shape index (κ3) is 1.96. The molecule has 18 heavy (non-hydrogen) atoms. The van der Waals surface area contributed by atoms with Crippen molar-refractivity contribution in [3.8, 4) is 0 Å². The van der Waals surface area contributed by atoms with Gasteiger partial charge in [0.1, 0.15) is 5.52 Å². The summed E-state index contributed by atoms with van der Waals surface area (Å²) in [5.41, 5.74) is 1.90. The second-order valence-corrected chi connectivity index (χ2v) is 5.34. The molecule has 0 radical (unpaired) electrons. The highest BCUT2D eigenvalue weighted by atomic mass is 32.2. The van der Waals surface area contributed by atoms with E-state index in [2.05, 4.69) is 14.5 Å². The van der Waals surface area contributed by atoms with Crippen molar-refractivity contribution in [2.45, 2.75) is 30.5 Å². The van der Waals surface area contributed by atoms with Crippen LogP contribution in [0.15, 0.2) is 23.6 Å². The first-order valence-electron chi connectivity index (χ1n) is 5.92. The minimum absolute atomic E-state index is 0.0451. The molecule has 1 aliphatic rings. The van der Waals surface area contributed by atoms with E-state index in [-0.39, 0.29) is 5.75 Å². The molecule has 0 saturated heterocycles. The van der Waals surface area contributed by atoms with Crippen LogP contribution >= 0.6 is 11.8 Å². The first-order chi connectivity index (χ1) is 8.75. The molecule has 5 nitrogen and oxygen atoms in total. The maximum Gasteiger partial charge on any atom is 0.313 e. The molecule has 0 spiro atoms. The molecule has 0 aliphatic heterocycles. The fourth-order valence-corrected chi connectivity index (χ4v) is 2.96. The Morgan fingerprint density at radius 2 is 2.39 bits per heavy atom. The number of hydrogen-bond donors (Lipinski definition) is 1. The van der Waals surface area contributed by atoms with Crippen molar-refractivity contribution in [3.63, 3.8) is 0 Å². The van der Waals surface area contributed by atoms with Gasteiger partial charge in [0.2, 0.25) is 0 Å². The van der Waals surface area contributed by atoms with Gasteiger partial charge in [0.05, 0.1) is 17.5 Å². The summed E-state index contributed by atoms with van der Waals surface area (Å²) in [5, 5.41) is 9.58. The van der Waals surface area contributed by atoms with E-state index in [0.29, 0.717) is 6.04 Å². The predicted octanol–water partition coefficient (Wildman–Crippen LogP) is 2.33. The van der Waals surface area contributed by atoms with Gasteiger partial charge >= 0.3 is 5.97 Å². The molecule has 1 fully saturated rings. The van der Waals surface area contributed by atoms with Crippen LogP contribution in [-0.2, 0) is 4.79 Å². The van der Waals surface area contributed by atoms with Gasteiger partial charge in [-0.3, -0.25) is 9.78 Å². The Bertz CT molecular complexity index is 592. The molecule has 0 atom stereocenters. The predicted molar refractivity (Wildman–Crippen MR) is 68.8 cm³/mol. The molecule has 94 valence electrons. The summed E-state index contributed by atoms with van der Waals surface area (Å²) in [6, 6.07) is 2.42. The van der Waals surface area contributed by atoms with E-state index in [1.54, 1.807) is 12.4 Å². The third-order valence-electron chi connectivity index (χ3n) is 3.22. The average molecular weight is 263 g/mol. The zero-order valence-corrected chi connectivity index (χ0v) is 10.6. The number of aliphatic carboxylic acids is 1. The van der Waals surface area contributed by atoms with Gasteiger partial charge in [-0.05, 0) is 25.3 Å². The van der Waals surface area contributed by atoms with E-state index >= 15 is 0 Å². The topological polar surface area (TPSA) is 68.0 Å². The number of aromatic nitrogens is 3. The van der Waals surface area contributed by atoms with Crippen LogP contribution in [0.25, 0.3) is 11.0 Å². The Morgan fingerprint density at radius 1 is 1.56 bits per heavy atom. The lowest BCUT2D eigenvalue weighted by atomic mass is 9.93. The van der Waals surface area contributed by atoms with Crippen LogP contribution in [0.1, 0.15) is 25.3 Å². The normalized spacial score (nSPS) is 15.8. The van der Waals surface area contributed by atoms with Crippen LogP contribution in [0.5, 0.6) is 0 Å². The minimum atomic E-state index is -0.814. The Kier molecular flexibility index (Phi) is 2.95. The van der Waals surface area contributed by atoms with E-state index in [9.17, 15) is 4.79 Å². The number of hydrogen-bond acceptors (Lipinski definition) is 4. The number of carbonyl (C=O) groups is 1. The molecular formula is C12H13N3O2S. The number of nitrogens with zero attached hydrogens (tertiary/aromatic N) is 3. The van der Waals surface area contributed by atoms with Crippen molar-refractivity contribution in [3.05, 3.63) is 18.5 Å². The summed E-state index contributed by atoms with van der Waals surface area (Å²) in [6.45, 7) is 0. The van der Waals surface area contributed by atoms with Crippen LogP contribution in [0, 0.1) is 0 Å². The highest BCUT2D eigenvalue weighted by Crippen LogP contribution is 2.37. The number of thioether (sulfide) groups is 1. The summed E-state index contributed by atoms with van der Waals surface area (Å²) in [6.07, 6.45) is 7.02. The maximum absolute atomic E-state index is 10.7. The van der Waals surface area contributed by atoms with Crippen molar-refractivity contribution < 1.29 is 9.90 Å². The second kappa shape index (κ2) is 4.61. The maximum atomic E-state index is 10.7. The molecular weight excluding hydrogens is 250 g/mol. The molecule has 2 aromatic rings. The van der Waals surface area contributed by atoms with Gasteiger partial charge in [0, 0.05) is 12.2 Å². The van der Waals surface area contributed by atoms with Crippen molar-refractivity contribution in [2.24, 2.45) is 0 Å². The highest BCUT2D eigenvalue weighted by Gasteiger charge is 2.25. The Labute approximate surface area is 108 Å². The smallest absolute Gasteiger partial charge is 0.313 e. The Morgan fingerprint density at radius 3 is 3.06 bits per heavy atom. The van der Waals surface area contributed by atoms with Gasteiger partial charge in [-0.15, -0.1) is 0 Å². The van der Waals surface area contributed by atoms with Gasteiger partial charge < -0.3 is 9.67 Å². The van der Waals surface area contributed by atoms with Crippen molar-refractivity contribution >= 4 is 28.8 Å². The summed E-state index contributed by atoms with van der Waals surface area (Å²) in [5.74, 6) is -0.769. The molecule has 1 aliphatic carbocycles. The standard InChI is InChI=1S/C12H13N3O2S/c16-11(17)7-18-12-14-9-6-13-5-4-10(9)15(12)8-2-1-3-8/h4-6,8H,1-3,7H2,(H,16,17). The SMILES string of the molecule is O=C(O)CSc1nc2cnccc2n1C1CCC1. The summed E-state index contributed by atoms with van der Waals surface area (Å²) >= 11 is 1.28. The molecule has 2 aromatic heterocycles. The van der Waals surface area contributed by atoms with E-state index in [1.165, 1.54) is 18.2 Å². The first-order valence-corrected chi connectivity index (χ1v) is 6.91. The van der Waals surface area contributed by atoms with Crippen LogP contribution < -0.4 is 0 Å². The summed E-state index contributed by atoms with van der Waals surface area (Å²) in [7, 11) is 0. The van der Waals surface area contributed by atoms with Gasteiger partial charge in [-0.1, -0.05) is 11.8 Å². The first kappa shape index (κ1) is 11.5. The molecule has 0 aromatic carbocycles. The largest absolute Gasteiger partial charge is 0.481 e. The van der Waals surface area contributed by atoms with Crippen LogP contribution in [0.4, 0.5) is 0 Å². The van der Waals surface area contributed by atoms with Crippen LogP contribution in [-0.4, -0.2) is 31.4 Å². The average Bonchev–Trinajstić information content (AvgIpc) is 2.64. The van der Waals surface area contributed by atoms with E-state index in [0.717, 1.165) is 29.0 Å². The number of fused-ring (bicyclic) bond motifs is 1. The molecule has 0 unspecified atom stereocenters. The van der Waals surface area contributed by atoms with Gasteiger partial charge in [0.25, 0.3) is 0 Å². The number of imidazole rings is 1. The molecule has 0 bridgehead atoms. The monoisotopic (exact) mass is 263 g/mol. The van der Waals surface area contributed by atoms with Gasteiger partial charge in [-0.25, -0.2) is 4.98 Å². The van der Waals surface area contributed by atoms with Crippen molar-refractivity contribution in [2.75, 3.05) is 5.75 Å². The summed E-state index contributed by atoms with van der Waals surface area (Å²) < 4.78 is 2.17. The molecule has 0 amide bonds. The number of carboxylic acids is 1. The van der Waals surface area contributed by atoms with E-state index in [4.69, 9.17) is 5.11 Å². The van der Waals surface area contributed by atoms with Crippen molar-refractivity contribution in [1.82, 2.24) is 14.5 Å². The fourth-order valence-electron chi connectivity index (χ4n) is 2.15.